The molecule has 38 heavy (non-hydrogen) atoms. The standard InChI is InChI=1S/C31H44N4O3/c1-21(2)30-26-20-25(10-11-27(26)34-31(30)22-5-12-28(36-3)29(19-22)37-4)33-24-8-6-23(7-9-24)32-13-14-35-15-17-38-18-16-35/h5,10-12,19-21,23-24,32-34H,6-9,13-18H2,1-4H3. The van der Waals surface area contributed by atoms with Crippen molar-refractivity contribution in [2.45, 2.75) is 57.5 Å². The van der Waals surface area contributed by atoms with Crippen LogP contribution < -0.4 is 20.1 Å². The Labute approximate surface area is 227 Å². The van der Waals surface area contributed by atoms with Crippen molar-refractivity contribution in [1.29, 1.82) is 0 Å². The van der Waals surface area contributed by atoms with Gasteiger partial charge in [-0.2, -0.15) is 0 Å². The van der Waals surface area contributed by atoms with Crippen molar-refractivity contribution in [3.05, 3.63) is 42.0 Å². The van der Waals surface area contributed by atoms with Gasteiger partial charge in [0, 0.05) is 60.4 Å². The van der Waals surface area contributed by atoms with Crippen LogP contribution in [0.4, 0.5) is 5.69 Å². The SMILES string of the molecule is COc1ccc(-c2[nH]c3ccc(NC4CCC(NCCN5CCOCC5)CC4)cc3c2C(C)C)cc1OC. The van der Waals surface area contributed by atoms with Gasteiger partial charge in [0.2, 0.25) is 0 Å². The Morgan fingerprint density at radius 1 is 0.947 bits per heavy atom. The number of nitrogens with one attached hydrogen (secondary N) is 3. The number of H-pyrrole nitrogens is 1. The van der Waals surface area contributed by atoms with Crippen LogP contribution in [0.25, 0.3) is 22.2 Å². The first-order chi connectivity index (χ1) is 18.6. The maximum absolute atomic E-state index is 5.57. The Hall–Kier alpha value is -2.74. The van der Waals surface area contributed by atoms with Crippen LogP contribution in [0.1, 0.15) is 51.0 Å². The molecular weight excluding hydrogens is 476 g/mol. The van der Waals surface area contributed by atoms with Crippen LogP contribution in [0.15, 0.2) is 36.4 Å². The molecule has 2 aliphatic rings. The molecule has 2 heterocycles. The second kappa shape index (κ2) is 12.4. The summed E-state index contributed by atoms with van der Waals surface area (Å²) < 4.78 is 16.5. The smallest absolute Gasteiger partial charge is 0.161 e. The van der Waals surface area contributed by atoms with E-state index in [1.807, 2.05) is 6.07 Å². The van der Waals surface area contributed by atoms with E-state index in [1.54, 1.807) is 14.2 Å². The molecule has 1 aromatic heterocycles. The zero-order chi connectivity index (χ0) is 26.5. The van der Waals surface area contributed by atoms with Crippen LogP contribution >= 0.6 is 0 Å². The molecule has 7 nitrogen and oxygen atoms in total. The van der Waals surface area contributed by atoms with E-state index >= 15 is 0 Å². The molecule has 1 aliphatic carbocycles. The van der Waals surface area contributed by atoms with Gasteiger partial charge in [-0.15, -0.1) is 0 Å². The molecule has 0 bridgehead atoms. The van der Waals surface area contributed by atoms with Crippen molar-refractivity contribution in [2.24, 2.45) is 0 Å². The first kappa shape index (κ1) is 26.9. The molecule has 0 amide bonds. The third-order valence-corrected chi connectivity index (χ3v) is 8.15. The highest BCUT2D eigenvalue weighted by Crippen LogP contribution is 2.39. The highest BCUT2D eigenvalue weighted by molar-refractivity contribution is 5.93. The summed E-state index contributed by atoms with van der Waals surface area (Å²) in [5.41, 5.74) is 5.97. The van der Waals surface area contributed by atoms with Crippen molar-refractivity contribution < 1.29 is 14.2 Å². The molecule has 2 aromatic carbocycles. The summed E-state index contributed by atoms with van der Waals surface area (Å²) in [6.07, 6.45) is 4.87. The quantitative estimate of drug-likeness (QED) is 0.322. The number of hydrogen-bond donors (Lipinski definition) is 3. The summed E-state index contributed by atoms with van der Waals surface area (Å²) >= 11 is 0. The maximum Gasteiger partial charge on any atom is 0.161 e. The molecule has 0 atom stereocenters. The van der Waals surface area contributed by atoms with Gasteiger partial charge >= 0.3 is 0 Å². The van der Waals surface area contributed by atoms with Crippen LogP contribution in [-0.4, -0.2) is 75.6 Å². The molecule has 0 radical (unpaired) electrons. The lowest BCUT2D eigenvalue weighted by molar-refractivity contribution is 0.0379. The Morgan fingerprint density at radius 3 is 2.39 bits per heavy atom. The maximum atomic E-state index is 5.57. The molecule has 3 N–H and O–H groups in total. The molecule has 1 saturated heterocycles. The molecule has 1 saturated carbocycles. The average molecular weight is 521 g/mol. The van der Waals surface area contributed by atoms with Gasteiger partial charge in [-0.3, -0.25) is 4.90 Å². The molecule has 0 spiro atoms. The van der Waals surface area contributed by atoms with E-state index in [1.165, 1.54) is 42.3 Å². The van der Waals surface area contributed by atoms with E-state index in [9.17, 15) is 0 Å². The third kappa shape index (κ3) is 6.11. The zero-order valence-corrected chi connectivity index (χ0v) is 23.4. The highest BCUT2D eigenvalue weighted by Gasteiger charge is 2.22. The second-order valence-electron chi connectivity index (χ2n) is 11.0. The number of fused-ring (bicyclic) bond motifs is 1. The topological polar surface area (TPSA) is 70.8 Å². The number of rotatable bonds is 10. The molecule has 1 aliphatic heterocycles. The number of hydrogen-bond acceptors (Lipinski definition) is 6. The lowest BCUT2D eigenvalue weighted by atomic mass is 9.90. The monoisotopic (exact) mass is 520 g/mol. The van der Waals surface area contributed by atoms with Gasteiger partial charge in [0.1, 0.15) is 0 Å². The van der Waals surface area contributed by atoms with Crippen LogP contribution in [0.3, 0.4) is 0 Å². The predicted octanol–water partition coefficient (Wildman–Crippen LogP) is 5.62. The fraction of sp³-hybridized carbons (Fsp3) is 0.548. The molecule has 0 unspecified atom stereocenters. The number of methoxy groups -OCH3 is 2. The molecular formula is C31H44N4O3. The van der Waals surface area contributed by atoms with Gasteiger partial charge in [0.05, 0.1) is 33.1 Å². The minimum atomic E-state index is 0.376. The Morgan fingerprint density at radius 2 is 1.68 bits per heavy atom. The van der Waals surface area contributed by atoms with Gasteiger partial charge in [0.25, 0.3) is 0 Å². The van der Waals surface area contributed by atoms with Crippen LogP contribution in [0, 0.1) is 0 Å². The average Bonchev–Trinajstić information content (AvgIpc) is 3.33. The fourth-order valence-electron chi connectivity index (χ4n) is 6.05. The largest absolute Gasteiger partial charge is 0.493 e. The van der Waals surface area contributed by atoms with Gasteiger partial charge in [-0.25, -0.2) is 0 Å². The van der Waals surface area contributed by atoms with E-state index < -0.39 is 0 Å². The minimum Gasteiger partial charge on any atom is -0.493 e. The normalized spacial score (nSPS) is 20.7. The van der Waals surface area contributed by atoms with E-state index in [4.69, 9.17) is 14.2 Å². The summed E-state index contributed by atoms with van der Waals surface area (Å²) in [6.45, 7) is 10.6. The lowest BCUT2D eigenvalue weighted by Crippen LogP contribution is -2.43. The molecule has 2 fully saturated rings. The number of aromatic nitrogens is 1. The van der Waals surface area contributed by atoms with Gasteiger partial charge in [-0.05, 0) is 73.6 Å². The van der Waals surface area contributed by atoms with Gasteiger partial charge < -0.3 is 29.8 Å². The number of nitrogens with zero attached hydrogens (tertiary/aromatic N) is 1. The number of benzene rings is 2. The number of aromatic amines is 1. The molecule has 206 valence electrons. The number of morpholine rings is 1. The van der Waals surface area contributed by atoms with Gasteiger partial charge in [0.15, 0.2) is 11.5 Å². The van der Waals surface area contributed by atoms with Crippen molar-refractivity contribution in [3.8, 4) is 22.8 Å². The van der Waals surface area contributed by atoms with E-state index in [0.29, 0.717) is 18.0 Å². The van der Waals surface area contributed by atoms with E-state index in [2.05, 4.69) is 64.7 Å². The third-order valence-electron chi connectivity index (χ3n) is 8.15. The van der Waals surface area contributed by atoms with Crippen molar-refractivity contribution in [2.75, 3.05) is 58.9 Å². The minimum absolute atomic E-state index is 0.376. The summed E-state index contributed by atoms with van der Waals surface area (Å²) in [4.78, 5) is 6.19. The summed E-state index contributed by atoms with van der Waals surface area (Å²) in [7, 11) is 3.35. The molecule has 3 aromatic rings. The van der Waals surface area contributed by atoms with Gasteiger partial charge in [-0.1, -0.05) is 13.8 Å². The van der Waals surface area contributed by atoms with Crippen molar-refractivity contribution >= 4 is 16.6 Å². The van der Waals surface area contributed by atoms with Crippen LogP contribution in [0.2, 0.25) is 0 Å². The first-order valence-corrected chi connectivity index (χ1v) is 14.2. The zero-order valence-electron chi connectivity index (χ0n) is 23.4. The number of ether oxygens (including phenoxy) is 3. The fourth-order valence-corrected chi connectivity index (χ4v) is 6.05. The molecule has 7 heteroatoms. The predicted molar refractivity (Wildman–Crippen MR) is 156 cm³/mol. The number of anilines is 1. The molecule has 5 rings (SSSR count). The van der Waals surface area contributed by atoms with E-state index in [-0.39, 0.29) is 0 Å². The Balaban J connectivity index is 1.23. The van der Waals surface area contributed by atoms with Crippen molar-refractivity contribution in [3.63, 3.8) is 0 Å². The first-order valence-electron chi connectivity index (χ1n) is 14.2. The second-order valence-corrected chi connectivity index (χ2v) is 11.0. The van der Waals surface area contributed by atoms with E-state index in [0.717, 1.165) is 67.7 Å². The highest BCUT2D eigenvalue weighted by atomic mass is 16.5. The van der Waals surface area contributed by atoms with Crippen LogP contribution in [0.5, 0.6) is 11.5 Å². The van der Waals surface area contributed by atoms with Crippen LogP contribution in [-0.2, 0) is 4.74 Å². The van der Waals surface area contributed by atoms with Crippen molar-refractivity contribution in [1.82, 2.24) is 15.2 Å². The summed E-state index contributed by atoms with van der Waals surface area (Å²) in [5.74, 6) is 1.86. The summed E-state index contributed by atoms with van der Waals surface area (Å²) in [6, 6.07) is 14.1. The Kier molecular flexibility index (Phi) is 8.77. The Bertz CT molecular complexity index is 1190. The lowest BCUT2D eigenvalue weighted by Gasteiger charge is -2.32. The summed E-state index contributed by atoms with van der Waals surface area (Å²) in [5, 5.41) is 8.93.